The summed E-state index contributed by atoms with van der Waals surface area (Å²) in [7, 11) is 0. The molecule has 3 aliphatic rings. The van der Waals surface area contributed by atoms with Crippen LogP contribution in [-0.2, 0) is 24.0 Å². The lowest BCUT2D eigenvalue weighted by Gasteiger charge is -2.43. The molecular formula is C12H20O12. The van der Waals surface area contributed by atoms with Gasteiger partial charge in [0, 0.05) is 0 Å². The third-order valence-corrected chi connectivity index (χ3v) is 4.41. The Labute approximate surface area is 135 Å². The van der Waals surface area contributed by atoms with Crippen LogP contribution in [0, 0.1) is 0 Å². The second kappa shape index (κ2) is 6.35. The lowest BCUT2D eigenvalue weighted by Crippen LogP contribution is -2.62. The number of fused-ring (bicyclic) bond motifs is 1. The molecule has 12 heteroatoms. The van der Waals surface area contributed by atoms with Crippen molar-refractivity contribution in [1.29, 1.82) is 0 Å². The summed E-state index contributed by atoms with van der Waals surface area (Å²) < 4.78 is 15.8. The molecule has 0 saturated carbocycles. The van der Waals surface area contributed by atoms with Crippen LogP contribution >= 0.6 is 0 Å². The van der Waals surface area contributed by atoms with Gasteiger partial charge in [-0.25, -0.2) is 4.89 Å². The first-order chi connectivity index (χ1) is 11.3. The van der Waals surface area contributed by atoms with E-state index >= 15 is 0 Å². The lowest BCUT2D eigenvalue weighted by atomic mass is 9.98. The van der Waals surface area contributed by atoms with E-state index in [2.05, 4.69) is 9.78 Å². The van der Waals surface area contributed by atoms with Crippen molar-refractivity contribution in [1.82, 2.24) is 0 Å². The summed E-state index contributed by atoms with van der Waals surface area (Å²) in [5.74, 6) is -3.95. The molecular weight excluding hydrogens is 336 g/mol. The Morgan fingerprint density at radius 2 is 1.62 bits per heavy atom. The Balaban J connectivity index is 1.80. The van der Waals surface area contributed by atoms with Crippen molar-refractivity contribution in [2.45, 2.75) is 54.5 Å². The van der Waals surface area contributed by atoms with Gasteiger partial charge in [-0.1, -0.05) is 0 Å². The molecule has 0 spiro atoms. The van der Waals surface area contributed by atoms with Gasteiger partial charge < -0.3 is 50.0 Å². The Kier molecular flexibility index (Phi) is 4.85. The molecule has 140 valence electrons. The molecule has 7 N–H and O–H groups in total. The van der Waals surface area contributed by atoms with Crippen LogP contribution in [0.1, 0.15) is 0 Å². The topological polar surface area (TPSA) is 188 Å². The van der Waals surface area contributed by atoms with E-state index in [9.17, 15) is 30.6 Å². The third-order valence-electron chi connectivity index (χ3n) is 4.41. The molecule has 0 bridgehead atoms. The minimum Gasteiger partial charge on any atom is -0.394 e. The van der Waals surface area contributed by atoms with E-state index in [0.29, 0.717) is 0 Å². The van der Waals surface area contributed by atoms with Crippen molar-refractivity contribution in [3.63, 3.8) is 0 Å². The van der Waals surface area contributed by atoms with Gasteiger partial charge in [0.2, 0.25) is 5.79 Å². The molecule has 3 saturated heterocycles. The predicted molar refractivity (Wildman–Crippen MR) is 67.5 cm³/mol. The highest BCUT2D eigenvalue weighted by molar-refractivity contribution is 5.05. The Morgan fingerprint density at radius 3 is 2.08 bits per heavy atom. The zero-order chi connectivity index (χ0) is 17.7. The largest absolute Gasteiger partial charge is 0.394 e. The van der Waals surface area contributed by atoms with Gasteiger partial charge in [0.15, 0.2) is 12.4 Å². The van der Waals surface area contributed by atoms with E-state index < -0.39 is 74.3 Å². The van der Waals surface area contributed by atoms with Gasteiger partial charge in [-0.15, -0.1) is 0 Å². The number of hydrogen-bond acceptors (Lipinski definition) is 12. The first-order valence-corrected chi connectivity index (χ1v) is 7.27. The maximum absolute atomic E-state index is 10.3. The van der Waals surface area contributed by atoms with Crippen LogP contribution in [0.2, 0.25) is 0 Å². The quantitative estimate of drug-likeness (QED) is 0.233. The van der Waals surface area contributed by atoms with Crippen LogP contribution in [0.3, 0.4) is 0 Å². The molecule has 0 radical (unpaired) electrons. The van der Waals surface area contributed by atoms with Crippen LogP contribution in [0.4, 0.5) is 0 Å². The van der Waals surface area contributed by atoms with Crippen molar-refractivity contribution >= 4 is 0 Å². The van der Waals surface area contributed by atoms with Gasteiger partial charge in [0.1, 0.15) is 43.7 Å². The molecule has 0 aromatic heterocycles. The van der Waals surface area contributed by atoms with Crippen LogP contribution in [0.15, 0.2) is 0 Å². The Bertz CT molecular complexity index is 457. The second-order valence-electron chi connectivity index (χ2n) is 5.90. The van der Waals surface area contributed by atoms with Gasteiger partial charge in [0.25, 0.3) is 5.79 Å². The highest BCUT2D eigenvalue weighted by Gasteiger charge is 2.72. The summed E-state index contributed by atoms with van der Waals surface area (Å²) in [5.41, 5.74) is 0. The summed E-state index contributed by atoms with van der Waals surface area (Å²) in [4.78, 5) is 9.32. The number of hydrogen-bond donors (Lipinski definition) is 7. The smallest absolute Gasteiger partial charge is 0.259 e. The molecule has 0 aromatic carbocycles. The molecule has 0 amide bonds. The van der Waals surface area contributed by atoms with Crippen molar-refractivity contribution in [3.05, 3.63) is 0 Å². The van der Waals surface area contributed by atoms with Crippen LogP contribution in [-0.4, -0.2) is 110 Å². The molecule has 9 atom stereocenters. The molecule has 3 fully saturated rings. The highest BCUT2D eigenvalue weighted by atomic mass is 17.3. The zero-order valence-corrected chi connectivity index (χ0v) is 12.3. The van der Waals surface area contributed by atoms with Crippen molar-refractivity contribution in [3.8, 4) is 0 Å². The lowest BCUT2D eigenvalue weighted by molar-refractivity contribution is -0.567. The molecule has 3 heterocycles. The Hall–Kier alpha value is -0.480. The van der Waals surface area contributed by atoms with Crippen molar-refractivity contribution in [2.75, 3.05) is 19.8 Å². The average molecular weight is 356 g/mol. The van der Waals surface area contributed by atoms with Crippen LogP contribution < -0.4 is 0 Å². The van der Waals surface area contributed by atoms with E-state index in [-0.39, 0.29) is 0 Å². The van der Waals surface area contributed by atoms with Gasteiger partial charge >= 0.3 is 0 Å². The molecule has 24 heavy (non-hydrogen) atoms. The zero-order valence-electron chi connectivity index (χ0n) is 12.3. The SMILES string of the molecule is OC[C@H]1O[C@H](O[C@@]2(CO)O[C@@]3(CO)OO[C@H]3[C@@H]2O)[C@H](O)[C@@H](O)[C@@H]1O. The number of aliphatic hydroxyl groups excluding tert-OH is 7. The van der Waals surface area contributed by atoms with Gasteiger partial charge in [-0.2, -0.15) is 4.89 Å². The summed E-state index contributed by atoms with van der Waals surface area (Å²) in [5, 5.41) is 67.8. The first kappa shape index (κ1) is 18.3. The Morgan fingerprint density at radius 1 is 0.917 bits per heavy atom. The molecule has 0 aliphatic carbocycles. The molecule has 0 unspecified atom stereocenters. The van der Waals surface area contributed by atoms with Crippen molar-refractivity contribution in [2.24, 2.45) is 0 Å². The molecule has 12 nitrogen and oxygen atoms in total. The van der Waals surface area contributed by atoms with E-state index in [1.54, 1.807) is 0 Å². The first-order valence-electron chi connectivity index (χ1n) is 7.27. The van der Waals surface area contributed by atoms with E-state index in [0.717, 1.165) is 0 Å². The number of aliphatic hydroxyl groups is 7. The summed E-state index contributed by atoms with van der Waals surface area (Å²) in [6.45, 7) is -2.33. The van der Waals surface area contributed by atoms with Gasteiger partial charge in [0.05, 0.1) is 6.61 Å². The molecule has 3 aliphatic heterocycles. The normalized spacial score (nSPS) is 54.4. The molecule has 0 aromatic rings. The maximum Gasteiger partial charge on any atom is 0.259 e. The standard InChI is InChI=1S/C12H20O12/c13-1-4-5(16)6(17)7(18)10(20-4)21-11(2-14)8(19)9-12(3-15,23-11)24-22-9/h4-10,13-19H,1-3H2/t4-,5-,6+,7-,8+,9+,10-,11+,12+/m1/s1. The minimum absolute atomic E-state index is 0.685. The van der Waals surface area contributed by atoms with Gasteiger partial charge in [-0.3, -0.25) is 0 Å². The monoisotopic (exact) mass is 356 g/mol. The van der Waals surface area contributed by atoms with Crippen molar-refractivity contribution < 1.29 is 59.7 Å². The fourth-order valence-electron chi connectivity index (χ4n) is 2.93. The maximum atomic E-state index is 10.3. The van der Waals surface area contributed by atoms with Gasteiger partial charge in [-0.05, 0) is 0 Å². The van der Waals surface area contributed by atoms with E-state index in [4.69, 9.17) is 19.3 Å². The average Bonchev–Trinajstić information content (AvgIpc) is 2.72. The van der Waals surface area contributed by atoms with Crippen LogP contribution in [0.5, 0.6) is 0 Å². The third kappa shape index (κ3) is 2.47. The molecule has 3 rings (SSSR count). The van der Waals surface area contributed by atoms with Crippen LogP contribution in [0.25, 0.3) is 0 Å². The summed E-state index contributed by atoms with van der Waals surface area (Å²) in [6, 6.07) is 0. The fraction of sp³-hybridized carbons (Fsp3) is 1.00. The van der Waals surface area contributed by atoms with E-state index in [1.807, 2.05) is 0 Å². The highest BCUT2D eigenvalue weighted by Crippen LogP contribution is 2.48. The number of ether oxygens (including phenoxy) is 3. The summed E-state index contributed by atoms with van der Waals surface area (Å²) >= 11 is 0. The minimum atomic E-state index is -2.20. The fourth-order valence-corrected chi connectivity index (χ4v) is 2.93. The summed E-state index contributed by atoms with van der Waals surface area (Å²) in [6.07, 6.45) is -10.8. The number of rotatable bonds is 5. The predicted octanol–water partition coefficient (Wildman–Crippen LogP) is -5.10. The second-order valence-corrected chi connectivity index (χ2v) is 5.90. The van der Waals surface area contributed by atoms with E-state index in [1.165, 1.54) is 0 Å².